The maximum atomic E-state index is 12.1. The molecule has 5 nitrogen and oxygen atoms in total. The van der Waals surface area contributed by atoms with Crippen molar-refractivity contribution in [2.24, 2.45) is 5.92 Å². The Morgan fingerprint density at radius 2 is 2.30 bits per heavy atom. The van der Waals surface area contributed by atoms with Gasteiger partial charge in [-0.2, -0.15) is 0 Å². The number of piperidine rings is 1. The predicted molar refractivity (Wildman–Crippen MR) is 79.5 cm³/mol. The molecule has 1 unspecified atom stereocenters. The predicted octanol–water partition coefficient (Wildman–Crippen LogP) is 1.81. The van der Waals surface area contributed by atoms with Crippen molar-refractivity contribution in [1.82, 2.24) is 15.5 Å². The molecule has 1 aliphatic heterocycles. The van der Waals surface area contributed by atoms with Crippen molar-refractivity contribution in [2.45, 2.75) is 26.3 Å². The Balaban J connectivity index is 1.81. The molecule has 0 aliphatic carbocycles. The van der Waals surface area contributed by atoms with Crippen molar-refractivity contribution in [3.8, 4) is 0 Å². The first-order valence-electron chi connectivity index (χ1n) is 7.03. The Hall–Kier alpha value is -1.56. The Kier molecular flexibility index (Phi) is 5.40. The van der Waals surface area contributed by atoms with Crippen LogP contribution < -0.4 is 10.6 Å². The molecule has 20 heavy (non-hydrogen) atoms. The first kappa shape index (κ1) is 14.8. The van der Waals surface area contributed by atoms with E-state index < -0.39 is 0 Å². The van der Waals surface area contributed by atoms with E-state index in [0.29, 0.717) is 19.6 Å². The molecule has 1 fully saturated rings. The molecule has 6 heteroatoms. The zero-order valence-electron chi connectivity index (χ0n) is 11.7. The fourth-order valence-corrected chi connectivity index (χ4v) is 3.03. The number of nitrogens with zero attached hydrogens (tertiary/aromatic N) is 1. The van der Waals surface area contributed by atoms with Crippen LogP contribution in [0.15, 0.2) is 17.5 Å². The number of likely N-dealkylation sites (tertiary alicyclic amines) is 1. The molecular weight excluding hydrogens is 274 g/mol. The molecular formula is C14H21N3O2S. The summed E-state index contributed by atoms with van der Waals surface area (Å²) in [5.74, 6) is -0.0144. The molecule has 1 saturated heterocycles. The lowest BCUT2D eigenvalue weighted by atomic mass is 9.97. The summed E-state index contributed by atoms with van der Waals surface area (Å²) in [4.78, 5) is 26.8. The van der Waals surface area contributed by atoms with Gasteiger partial charge in [0.05, 0.1) is 12.5 Å². The summed E-state index contributed by atoms with van der Waals surface area (Å²) in [6.45, 7) is 4.35. The molecule has 0 saturated carbocycles. The topological polar surface area (TPSA) is 61.4 Å². The number of hydrogen-bond acceptors (Lipinski definition) is 3. The van der Waals surface area contributed by atoms with Crippen LogP contribution in [-0.4, -0.2) is 36.5 Å². The lowest BCUT2D eigenvalue weighted by molar-refractivity contribution is -0.126. The van der Waals surface area contributed by atoms with Gasteiger partial charge in [0.15, 0.2) is 0 Å². The van der Waals surface area contributed by atoms with E-state index in [2.05, 4.69) is 10.6 Å². The number of carbonyl (C=O) groups excluding carboxylic acids is 2. The number of urea groups is 1. The molecule has 2 rings (SSSR count). The van der Waals surface area contributed by atoms with Gasteiger partial charge >= 0.3 is 6.03 Å². The Bertz CT molecular complexity index is 447. The van der Waals surface area contributed by atoms with Crippen LogP contribution in [0.2, 0.25) is 0 Å². The van der Waals surface area contributed by atoms with E-state index in [4.69, 9.17) is 0 Å². The molecule has 1 aromatic heterocycles. The van der Waals surface area contributed by atoms with E-state index in [1.54, 1.807) is 16.2 Å². The number of carbonyl (C=O) groups is 2. The zero-order chi connectivity index (χ0) is 14.4. The van der Waals surface area contributed by atoms with Gasteiger partial charge in [-0.05, 0) is 31.2 Å². The summed E-state index contributed by atoms with van der Waals surface area (Å²) in [5.41, 5.74) is 0. The fourth-order valence-electron chi connectivity index (χ4n) is 2.38. The van der Waals surface area contributed by atoms with Crippen LogP contribution in [0.5, 0.6) is 0 Å². The first-order valence-corrected chi connectivity index (χ1v) is 7.91. The monoisotopic (exact) mass is 295 g/mol. The molecule has 0 aromatic carbocycles. The molecule has 1 atom stereocenters. The zero-order valence-corrected chi connectivity index (χ0v) is 12.5. The maximum Gasteiger partial charge on any atom is 0.317 e. The highest BCUT2D eigenvalue weighted by atomic mass is 32.1. The van der Waals surface area contributed by atoms with Gasteiger partial charge in [-0.25, -0.2) is 4.79 Å². The van der Waals surface area contributed by atoms with E-state index in [-0.39, 0.29) is 17.9 Å². The summed E-state index contributed by atoms with van der Waals surface area (Å²) in [5, 5.41) is 7.74. The molecule has 1 aromatic rings. The molecule has 0 spiro atoms. The van der Waals surface area contributed by atoms with Crippen LogP contribution in [0, 0.1) is 5.92 Å². The van der Waals surface area contributed by atoms with E-state index in [0.717, 1.165) is 24.3 Å². The van der Waals surface area contributed by atoms with Crippen LogP contribution in [-0.2, 0) is 11.3 Å². The molecule has 2 N–H and O–H groups in total. The normalized spacial score (nSPS) is 18.6. The van der Waals surface area contributed by atoms with Crippen LogP contribution in [0.4, 0.5) is 4.79 Å². The number of nitrogens with one attached hydrogen (secondary N) is 2. The largest absolute Gasteiger partial charge is 0.356 e. The molecule has 110 valence electrons. The summed E-state index contributed by atoms with van der Waals surface area (Å²) >= 11 is 1.63. The van der Waals surface area contributed by atoms with Gasteiger partial charge < -0.3 is 15.5 Å². The van der Waals surface area contributed by atoms with Gasteiger partial charge in [0.1, 0.15) is 0 Å². The third kappa shape index (κ3) is 3.96. The minimum absolute atomic E-state index is 0.0586. The SMILES string of the molecule is CCNC(=O)C1CCCN(C(=O)NCc2cccs2)C1. The standard InChI is InChI=1S/C14H21N3O2S/c1-2-15-13(18)11-5-3-7-17(10-11)14(19)16-9-12-6-4-8-20-12/h4,6,8,11H,2-3,5,7,9-10H2,1H3,(H,15,18)(H,16,19). The quantitative estimate of drug-likeness (QED) is 0.890. The smallest absolute Gasteiger partial charge is 0.317 e. The second-order valence-electron chi connectivity index (χ2n) is 4.92. The van der Waals surface area contributed by atoms with Gasteiger partial charge in [0.25, 0.3) is 0 Å². The Morgan fingerprint density at radius 1 is 1.45 bits per heavy atom. The maximum absolute atomic E-state index is 12.1. The highest BCUT2D eigenvalue weighted by molar-refractivity contribution is 7.09. The number of amides is 3. The summed E-state index contributed by atoms with van der Waals surface area (Å²) < 4.78 is 0. The van der Waals surface area contributed by atoms with Gasteiger partial charge in [-0.1, -0.05) is 6.07 Å². The number of rotatable bonds is 4. The third-order valence-electron chi connectivity index (χ3n) is 3.42. The minimum atomic E-state index is -0.0765. The summed E-state index contributed by atoms with van der Waals surface area (Å²) in [6, 6.07) is 3.89. The number of thiophene rings is 1. The minimum Gasteiger partial charge on any atom is -0.356 e. The van der Waals surface area contributed by atoms with E-state index in [1.807, 2.05) is 24.4 Å². The Morgan fingerprint density at radius 3 is 3.00 bits per heavy atom. The van der Waals surface area contributed by atoms with Crippen molar-refractivity contribution in [3.63, 3.8) is 0 Å². The lowest BCUT2D eigenvalue weighted by Gasteiger charge is -2.32. The van der Waals surface area contributed by atoms with Crippen molar-refractivity contribution < 1.29 is 9.59 Å². The lowest BCUT2D eigenvalue weighted by Crippen LogP contribution is -2.48. The Labute approximate surface area is 123 Å². The van der Waals surface area contributed by atoms with E-state index >= 15 is 0 Å². The average molecular weight is 295 g/mol. The van der Waals surface area contributed by atoms with Gasteiger partial charge in [0, 0.05) is 24.5 Å². The highest BCUT2D eigenvalue weighted by Gasteiger charge is 2.27. The summed E-state index contributed by atoms with van der Waals surface area (Å²) in [7, 11) is 0. The van der Waals surface area contributed by atoms with E-state index in [9.17, 15) is 9.59 Å². The summed E-state index contributed by atoms with van der Waals surface area (Å²) in [6.07, 6.45) is 1.74. The van der Waals surface area contributed by atoms with Gasteiger partial charge in [-0.15, -0.1) is 11.3 Å². The van der Waals surface area contributed by atoms with Crippen molar-refractivity contribution in [1.29, 1.82) is 0 Å². The van der Waals surface area contributed by atoms with Crippen LogP contribution in [0.1, 0.15) is 24.6 Å². The fraction of sp³-hybridized carbons (Fsp3) is 0.571. The van der Waals surface area contributed by atoms with E-state index in [1.165, 1.54) is 0 Å². The number of hydrogen-bond donors (Lipinski definition) is 2. The van der Waals surface area contributed by atoms with Crippen LogP contribution >= 0.6 is 11.3 Å². The van der Waals surface area contributed by atoms with Crippen LogP contribution in [0.3, 0.4) is 0 Å². The van der Waals surface area contributed by atoms with Crippen molar-refractivity contribution >= 4 is 23.3 Å². The highest BCUT2D eigenvalue weighted by Crippen LogP contribution is 2.17. The van der Waals surface area contributed by atoms with Crippen LogP contribution in [0.25, 0.3) is 0 Å². The second kappa shape index (κ2) is 7.28. The molecule has 3 amide bonds. The second-order valence-corrected chi connectivity index (χ2v) is 5.95. The van der Waals surface area contributed by atoms with Gasteiger partial charge in [-0.3, -0.25) is 4.79 Å². The van der Waals surface area contributed by atoms with Crippen molar-refractivity contribution in [2.75, 3.05) is 19.6 Å². The van der Waals surface area contributed by atoms with Gasteiger partial charge in [0.2, 0.25) is 5.91 Å². The third-order valence-corrected chi connectivity index (χ3v) is 4.30. The molecule has 0 radical (unpaired) electrons. The molecule has 1 aliphatic rings. The first-order chi connectivity index (χ1) is 9.70. The average Bonchev–Trinajstić information content (AvgIpc) is 2.98. The van der Waals surface area contributed by atoms with Crippen molar-refractivity contribution in [3.05, 3.63) is 22.4 Å². The molecule has 2 heterocycles. The molecule has 0 bridgehead atoms.